The third-order valence-corrected chi connectivity index (χ3v) is 5.69. The van der Waals surface area contributed by atoms with Crippen LogP contribution in [0.5, 0.6) is 11.5 Å². The van der Waals surface area contributed by atoms with Gasteiger partial charge in [0.05, 0.1) is 13.3 Å². The fraction of sp³-hybridized carbons (Fsp3) is 0.250. The number of aryl methyl sites for hydroxylation is 1. The van der Waals surface area contributed by atoms with Crippen molar-refractivity contribution in [3.8, 4) is 11.5 Å². The molecule has 0 fully saturated rings. The monoisotopic (exact) mass is 507 g/mol. The van der Waals surface area contributed by atoms with Crippen LogP contribution in [-0.2, 0) is 11.4 Å². The normalized spacial score (nSPS) is 11.8. The number of methoxy groups -OCH3 is 1. The number of hydrazone groups is 1. The second kappa shape index (κ2) is 12.7. The number of hydrogen-bond donors (Lipinski definition) is 2. The fourth-order valence-corrected chi connectivity index (χ4v) is 3.46. The van der Waals surface area contributed by atoms with E-state index in [9.17, 15) is 9.59 Å². The molecule has 0 heterocycles. The van der Waals surface area contributed by atoms with Gasteiger partial charge in [0.25, 0.3) is 11.8 Å². The zero-order valence-electron chi connectivity index (χ0n) is 20.7. The molecule has 3 aromatic carbocycles. The summed E-state index contributed by atoms with van der Waals surface area (Å²) in [6.45, 7) is 6.14. The third-order valence-electron chi connectivity index (χ3n) is 5.43. The van der Waals surface area contributed by atoms with Gasteiger partial charge in [-0.25, -0.2) is 5.43 Å². The lowest BCUT2D eigenvalue weighted by molar-refractivity contribution is -0.123. The van der Waals surface area contributed by atoms with Crippen LogP contribution in [0.25, 0.3) is 0 Å². The Hall–Kier alpha value is -3.84. The molecular weight excluding hydrogens is 478 g/mol. The van der Waals surface area contributed by atoms with Gasteiger partial charge in [-0.05, 0) is 66.4 Å². The Morgan fingerprint density at radius 1 is 1.00 bits per heavy atom. The van der Waals surface area contributed by atoms with E-state index < -0.39 is 11.9 Å². The number of benzene rings is 3. The van der Waals surface area contributed by atoms with Crippen LogP contribution in [0.1, 0.15) is 40.9 Å². The smallest absolute Gasteiger partial charge is 0.262 e. The van der Waals surface area contributed by atoms with E-state index in [4.69, 9.17) is 21.1 Å². The number of rotatable bonds is 10. The van der Waals surface area contributed by atoms with Gasteiger partial charge in [-0.15, -0.1) is 0 Å². The van der Waals surface area contributed by atoms with E-state index in [1.54, 1.807) is 43.5 Å². The van der Waals surface area contributed by atoms with Crippen LogP contribution < -0.4 is 20.2 Å². The summed E-state index contributed by atoms with van der Waals surface area (Å²) >= 11 is 5.88. The average molecular weight is 508 g/mol. The molecule has 0 aliphatic rings. The number of nitrogens with zero attached hydrogens (tertiary/aromatic N) is 1. The first-order valence-corrected chi connectivity index (χ1v) is 11.9. The highest BCUT2D eigenvalue weighted by molar-refractivity contribution is 6.30. The highest BCUT2D eigenvalue weighted by Gasteiger charge is 2.24. The molecule has 3 aromatic rings. The minimum Gasteiger partial charge on any atom is -0.493 e. The van der Waals surface area contributed by atoms with Crippen molar-refractivity contribution in [2.75, 3.05) is 7.11 Å². The van der Waals surface area contributed by atoms with Crippen molar-refractivity contribution < 1.29 is 19.1 Å². The molecular formula is C28H30ClN3O4. The number of amides is 2. The summed E-state index contributed by atoms with van der Waals surface area (Å²) in [4.78, 5) is 25.2. The van der Waals surface area contributed by atoms with E-state index in [2.05, 4.69) is 15.8 Å². The van der Waals surface area contributed by atoms with Gasteiger partial charge in [0, 0.05) is 10.6 Å². The average Bonchev–Trinajstić information content (AvgIpc) is 2.87. The predicted molar refractivity (Wildman–Crippen MR) is 142 cm³/mol. The molecule has 1 unspecified atom stereocenters. The lowest BCUT2D eigenvalue weighted by Gasteiger charge is -2.20. The van der Waals surface area contributed by atoms with E-state index in [1.165, 1.54) is 11.8 Å². The van der Waals surface area contributed by atoms with Crippen molar-refractivity contribution in [1.29, 1.82) is 0 Å². The molecule has 0 saturated carbocycles. The molecule has 188 valence electrons. The van der Waals surface area contributed by atoms with Gasteiger partial charge in [0.1, 0.15) is 12.6 Å². The Bertz CT molecular complexity index is 1210. The summed E-state index contributed by atoms with van der Waals surface area (Å²) in [5, 5.41) is 7.34. The van der Waals surface area contributed by atoms with E-state index in [-0.39, 0.29) is 11.8 Å². The number of ether oxygens (including phenoxy) is 2. The van der Waals surface area contributed by atoms with Crippen LogP contribution in [0.4, 0.5) is 0 Å². The molecule has 36 heavy (non-hydrogen) atoms. The van der Waals surface area contributed by atoms with Crippen molar-refractivity contribution in [2.24, 2.45) is 11.0 Å². The summed E-state index contributed by atoms with van der Waals surface area (Å²) in [7, 11) is 1.56. The summed E-state index contributed by atoms with van der Waals surface area (Å²) < 4.78 is 11.4. The first-order chi connectivity index (χ1) is 17.3. The van der Waals surface area contributed by atoms with Gasteiger partial charge in [-0.3, -0.25) is 9.59 Å². The van der Waals surface area contributed by atoms with E-state index in [0.29, 0.717) is 34.3 Å². The van der Waals surface area contributed by atoms with Crippen LogP contribution in [0.3, 0.4) is 0 Å². The number of carbonyl (C=O) groups excluding carboxylic acids is 2. The maximum atomic E-state index is 12.7. The molecule has 0 spiro atoms. The van der Waals surface area contributed by atoms with Crippen molar-refractivity contribution in [3.05, 3.63) is 94.0 Å². The number of hydrogen-bond acceptors (Lipinski definition) is 5. The highest BCUT2D eigenvalue weighted by atomic mass is 35.5. The molecule has 2 amide bonds. The zero-order chi connectivity index (χ0) is 26.1. The second-order valence-corrected chi connectivity index (χ2v) is 9.06. The minimum absolute atomic E-state index is 0.151. The summed E-state index contributed by atoms with van der Waals surface area (Å²) in [6.07, 6.45) is 1.50. The second-order valence-electron chi connectivity index (χ2n) is 8.62. The Kier molecular flexibility index (Phi) is 9.47. The topological polar surface area (TPSA) is 89.0 Å². The first-order valence-electron chi connectivity index (χ1n) is 11.5. The lowest BCUT2D eigenvalue weighted by atomic mass is 10.0. The third kappa shape index (κ3) is 7.58. The SMILES string of the molecule is COc1cc(/C=N\NC(=O)C(NC(=O)c2ccc(Cl)cc2)C(C)C)ccc1OCc1ccc(C)cc1. The quantitative estimate of drug-likeness (QED) is 0.294. The lowest BCUT2D eigenvalue weighted by Crippen LogP contribution is -2.48. The molecule has 0 aliphatic heterocycles. The Labute approximate surface area is 216 Å². The summed E-state index contributed by atoms with van der Waals surface area (Å²) in [5.41, 5.74) is 5.87. The predicted octanol–water partition coefficient (Wildman–Crippen LogP) is 5.14. The van der Waals surface area contributed by atoms with Gasteiger partial charge in [0.2, 0.25) is 0 Å². The summed E-state index contributed by atoms with van der Waals surface area (Å²) in [5.74, 6) is 0.210. The molecule has 7 nitrogen and oxygen atoms in total. The van der Waals surface area contributed by atoms with Gasteiger partial charge in [-0.2, -0.15) is 5.10 Å². The van der Waals surface area contributed by atoms with Gasteiger partial charge in [-0.1, -0.05) is 55.3 Å². The van der Waals surface area contributed by atoms with Crippen LogP contribution in [0.15, 0.2) is 71.8 Å². The van der Waals surface area contributed by atoms with Gasteiger partial charge in [0.15, 0.2) is 11.5 Å². The molecule has 1 atom stereocenters. The fourth-order valence-electron chi connectivity index (χ4n) is 3.33. The number of nitrogens with one attached hydrogen (secondary N) is 2. The Morgan fingerprint density at radius 2 is 1.69 bits per heavy atom. The van der Waals surface area contributed by atoms with Crippen molar-refractivity contribution in [3.63, 3.8) is 0 Å². The van der Waals surface area contributed by atoms with Crippen LogP contribution in [0, 0.1) is 12.8 Å². The van der Waals surface area contributed by atoms with Crippen LogP contribution in [0.2, 0.25) is 5.02 Å². The minimum atomic E-state index is -0.766. The molecule has 0 aromatic heterocycles. The molecule has 0 radical (unpaired) electrons. The van der Waals surface area contributed by atoms with Crippen LogP contribution in [-0.4, -0.2) is 31.2 Å². The molecule has 3 rings (SSSR count). The molecule has 8 heteroatoms. The Morgan fingerprint density at radius 3 is 2.33 bits per heavy atom. The van der Waals surface area contributed by atoms with Crippen LogP contribution >= 0.6 is 11.6 Å². The Balaban J connectivity index is 1.60. The molecule has 0 aliphatic carbocycles. The van der Waals surface area contributed by atoms with Gasteiger partial charge < -0.3 is 14.8 Å². The largest absolute Gasteiger partial charge is 0.493 e. The molecule has 0 saturated heterocycles. The number of carbonyl (C=O) groups is 2. The maximum Gasteiger partial charge on any atom is 0.262 e. The van der Waals surface area contributed by atoms with Crippen molar-refractivity contribution >= 4 is 29.6 Å². The van der Waals surface area contributed by atoms with Crippen molar-refractivity contribution in [1.82, 2.24) is 10.7 Å². The highest BCUT2D eigenvalue weighted by Crippen LogP contribution is 2.28. The molecule has 0 bridgehead atoms. The zero-order valence-corrected chi connectivity index (χ0v) is 21.5. The summed E-state index contributed by atoms with van der Waals surface area (Å²) in [6, 6.07) is 19.2. The van der Waals surface area contributed by atoms with E-state index in [0.717, 1.165) is 5.56 Å². The van der Waals surface area contributed by atoms with Gasteiger partial charge >= 0.3 is 0 Å². The maximum absolute atomic E-state index is 12.7. The van der Waals surface area contributed by atoms with E-state index in [1.807, 2.05) is 51.1 Å². The number of halogens is 1. The first kappa shape index (κ1) is 26.8. The molecule has 2 N–H and O–H groups in total. The van der Waals surface area contributed by atoms with Crippen molar-refractivity contribution in [2.45, 2.75) is 33.4 Å². The standard InChI is InChI=1S/C28H30ClN3O4/c1-18(2)26(31-27(33)22-10-12-23(29)13-11-22)28(34)32-30-16-21-9-14-24(25(15-21)35-4)36-17-20-7-5-19(3)6-8-20/h5-16,18,26H,17H2,1-4H3,(H,31,33)(H,32,34)/b30-16-. The van der Waals surface area contributed by atoms with E-state index >= 15 is 0 Å².